The zero-order valence-electron chi connectivity index (χ0n) is 17.5. The quantitative estimate of drug-likeness (QED) is 0.477. The Kier molecular flexibility index (Phi) is 5.29. The largest absolute Gasteiger partial charge is 0.403 e. The minimum absolute atomic E-state index is 0.0785. The molecule has 0 saturated heterocycles. The van der Waals surface area contributed by atoms with E-state index in [-0.39, 0.29) is 36.5 Å². The van der Waals surface area contributed by atoms with Gasteiger partial charge in [-0.2, -0.15) is 13.2 Å². The molecular weight excluding hydrogens is 417 g/mol. The molecule has 1 N–H and O–H groups in total. The van der Waals surface area contributed by atoms with Crippen molar-refractivity contribution in [2.75, 3.05) is 11.9 Å². The number of nitrogens with one attached hydrogen (secondary N) is 1. The van der Waals surface area contributed by atoms with Crippen molar-refractivity contribution in [1.29, 1.82) is 0 Å². The van der Waals surface area contributed by atoms with Crippen LogP contribution < -0.4 is 10.2 Å². The Balaban J connectivity index is 1.39. The molecule has 4 nitrogen and oxygen atoms in total. The number of benzene rings is 1. The Labute approximate surface area is 177 Å². The molecule has 3 fully saturated rings. The highest BCUT2D eigenvalue weighted by Gasteiger charge is 2.69. The van der Waals surface area contributed by atoms with Crippen molar-refractivity contribution >= 4 is 24.0 Å². The highest BCUT2D eigenvalue weighted by Crippen LogP contribution is 2.62. The summed E-state index contributed by atoms with van der Waals surface area (Å²) < 4.78 is 67.0. The van der Waals surface area contributed by atoms with Crippen LogP contribution in [0.25, 0.3) is 0 Å². The summed E-state index contributed by atoms with van der Waals surface area (Å²) in [6.45, 7) is 5.30. The summed E-state index contributed by atoms with van der Waals surface area (Å²) in [6.07, 6.45) is -2.67. The normalized spacial score (nSPS) is 29.1. The SMILES string of the molecule is C=Nc1cc(F)c(F)cc1N(C)C1C[C@@H]2C([C@@H](CC)NC(=O)C3(C(F)(F)F)CC3)[C@@H]2C1. The second kappa shape index (κ2) is 7.45. The maximum atomic E-state index is 13.8. The molecule has 0 heterocycles. The standard InChI is InChI=1S/C22H26F5N3O/c1-4-16(29-20(31)21(5-6-21)22(25,26)27)19-12-7-11(8-13(12)19)30(3)18-10-15(24)14(23)9-17(18)28-2/h9-13,16,19H,2,4-8H2,1,3H3,(H,29,31)/t11?,12-,13+,16-,19?/m1/s1. The first kappa shape index (κ1) is 22.0. The number of hydrogen-bond donors (Lipinski definition) is 1. The molecule has 1 aromatic rings. The third-order valence-electron chi connectivity index (χ3n) is 7.55. The van der Waals surface area contributed by atoms with Crippen LogP contribution in [0.4, 0.5) is 33.3 Å². The summed E-state index contributed by atoms with van der Waals surface area (Å²) in [7, 11) is 1.80. The summed E-state index contributed by atoms with van der Waals surface area (Å²) in [5, 5.41) is 2.69. The van der Waals surface area contributed by atoms with E-state index in [2.05, 4.69) is 17.0 Å². The fourth-order valence-electron chi connectivity index (χ4n) is 5.45. The highest BCUT2D eigenvalue weighted by atomic mass is 19.4. The van der Waals surface area contributed by atoms with Crippen LogP contribution in [0.3, 0.4) is 0 Å². The smallest absolute Gasteiger partial charge is 0.370 e. The number of aliphatic imine (C=N–C) groups is 1. The van der Waals surface area contributed by atoms with E-state index in [0.717, 1.165) is 25.0 Å². The van der Waals surface area contributed by atoms with Gasteiger partial charge >= 0.3 is 6.18 Å². The molecule has 9 heteroatoms. The molecule has 3 aliphatic carbocycles. The van der Waals surface area contributed by atoms with E-state index in [0.29, 0.717) is 23.9 Å². The van der Waals surface area contributed by atoms with Crippen molar-refractivity contribution in [2.24, 2.45) is 28.2 Å². The van der Waals surface area contributed by atoms with E-state index < -0.39 is 29.1 Å². The lowest BCUT2D eigenvalue weighted by molar-refractivity contribution is -0.192. The number of anilines is 1. The van der Waals surface area contributed by atoms with Crippen molar-refractivity contribution in [1.82, 2.24) is 5.32 Å². The highest BCUT2D eigenvalue weighted by molar-refractivity contribution is 5.86. The number of nitrogens with zero attached hydrogens (tertiary/aromatic N) is 2. The van der Waals surface area contributed by atoms with Crippen LogP contribution in [0, 0.1) is 34.8 Å². The molecule has 4 rings (SSSR count). The van der Waals surface area contributed by atoms with Crippen LogP contribution in [0.2, 0.25) is 0 Å². The molecule has 2 unspecified atom stereocenters. The molecule has 0 aromatic heterocycles. The number of halogens is 5. The van der Waals surface area contributed by atoms with E-state index in [9.17, 15) is 26.7 Å². The van der Waals surface area contributed by atoms with Gasteiger partial charge in [-0.15, -0.1) is 0 Å². The molecule has 0 aliphatic heterocycles. The van der Waals surface area contributed by atoms with E-state index >= 15 is 0 Å². The van der Waals surface area contributed by atoms with Gasteiger partial charge in [0.05, 0.1) is 11.4 Å². The average Bonchev–Trinajstić information content (AvgIpc) is 3.62. The summed E-state index contributed by atoms with van der Waals surface area (Å²) in [6, 6.07) is 1.93. The van der Waals surface area contributed by atoms with Crippen molar-refractivity contribution in [3.8, 4) is 0 Å². The monoisotopic (exact) mass is 443 g/mol. The van der Waals surface area contributed by atoms with Crippen molar-refractivity contribution < 1.29 is 26.7 Å². The van der Waals surface area contributed by atoms with Gasteiger partial charge in [-0.3, -0.25) is 9.79 Å². The van der Waals surface area contributed by atoms with Crippen molar-refractivity contribution in [3.05, 3.63) is 23.8 Å². The van der Waals surface area contributed by atoms with Crippen LogP contribution in [-0.4, -0.2) is 37.9 Å². The molecule has 5 atom stereocenters. The van der Waals surface area contributed by atoms with Crippen LogP contribution >= 0.6 is 0 Å². The van der Waals surface area contributed by atoms with E-state index in [4.69, 9.17) is 0 Å². The molecule has 3 saturated carbocycles. The van der Waals surface area contributed by atoms with Crippen LogP contribution in [0.15, 0.2) is 17.1 Å². The number of amides is 1. The fourth-order valence-corrected chi connectivity index (χ4v) is 5.45. The van der Waals surface area contributed by atoms with Crippen LogP contribution in [-0.2, 0) is 4.79 Å². The lowest BCUT2D eigenvalue weighted by Crippen LogP contribution is -2.47. The molecule has 3 aliphatic rings. The zero-order chi connectivity index (χ0) is 22.7. The van der Waals surface area contributed by atoms with Gasteiger partial charge in [0, 0.05) is 31.3 Å². The number of rotatable bonds is 7. The fraction of sp³-hybridized carbons (Fsp3) is 0.636. The van der Waals surface area contributed by atoms with Gasteiger partial charge in [-0.25, -0.2) is 8.78 Å². The van der Waals surface area contributed by atoms with E-state index in [1.807, 2.05) is 11.8 Å². The number of fused-ring (bicyclic) bond motifs is 1. The van der Waals surface area contributed by atoms with Gasteiger partial charge in [-0.1, -0.05) is 6.92 Å². The minimum Gasteiger partial charge on any atom is -0.370 e. The molecule has 31 heavy (non-hydrogen) atoms. The second-order valence-corrected chi connectivity index (χ2v) is 9.12. The Hall–Kier alpha value is -2.19. The maximum absolute atomic E-state index is 13.8. The predicted molar refractivity (Wildman–Crippen MR) is 107 cm³/mol. The Morgan fingerprint density at radius 1 is 1.26 bits per heavy atom. The third-order valence-corrected chi connectivity index (χ3v) is 7.55. The summed E-state index contributed by atoms with van der Waals surface area (Å²) >= 11 is 0. The van der Waals surface area contributed by atoms with Crippen molar-refractivity contribution in [3.63, 3.8) is 0 Å². The lowest BCUT2D eigenvalue weighted by Gasteiger charge is -2.31. The Morgan fingerprint density at radius 2 is 1.84 bits per heavy atom. The molecule has 0 radical (unpaired) electrons. The Bertz CT molecular complexity index is 886. The maximum Gasteiger partial charge on any atom is 0.403 e. The predicted octanol–water partition coefficient (Wildman–Crippen LogP) is 5.00. The number of carbonyl (C=O) groups is 1. The van der Waals surface area contributed by atoms with Crippen LogP contribution in [0.5, 0.6) is 0 Å². The average molecular weight is 443 g/mol. The topological polar surface area (TPSA) is 44.7 Å². The summed E-state index contributed by atoms with van der Waals surface area (Å²) in [4.78, 5) is 18.0. The number of alkyl halides is 3. The first-order valence-corrected chi connectivity index (χ1v) is 10.6. The number of hydrogen-bond acceptors (Lipinski definition) is 3. The molecule has 1 aromatic carbocycles. The van der Waals surface area contributed by atoms with Gasteiger partial charge in [0.25, 0.3) is 0 Å². The molecule has 170 valence electrons. The van der Waals surface area contributed by atoms with Gasteiger partial charge in [-0.05, 0) is 56.6 Å². The molecule has 1 amide bonds. The zero-order valence-corrected chi connectivity index (χ0v) is 17.5. The third kappa shape index (κ3) is 3.59. The van der Waals surface area contributed by atoms with Gasteiger partial charge < -0.3 is 10.2 Å². The van der Waals surface area contributed by atoms with Crippen LogP contribution in [0.1, 0.15) is 39.0 Å². The summed E-state index contributed by atoms with van der Waals surface area (Å²) in [5.74, 6) is -2.09. The molecule has 0 spiro atoms. The van der Waals surface area contributed by atoms with Gasteiger partial charge in [0.2, 0.25) is 5.91 Å². The van der Waals surface area contributed by atoms with E-state index in [1.54, 1.807) is 7.05 Å². The van der Waals surface area contributed by atoms with E-state index in [1.165, 1.54) is 0 Å². The lowest BCUT2D eigenvalue weighted by atomic mass is 9.97. The first-order valence-electron chi connectivity index (χ1n) is 10.6. The number of carbonyl (C=O) groups excluding carboxylic acids is 1. The molecular formula is C22H26F5N3O. The first-order chi connectivity index (χ1) is 14.5. The second-order valence-electron chi connectivity index (χ2n) is 9.12. The van der Waals surface area contributed by atoms with Crippen molar-refractivity contribution in [2.45, 2.75) is 57.3 Å². The Morgan fingerprint density at radius 3 is 2.32 bits per heavy atom. The molecule has 0 bridgehead atoms. The summed E-state index contributed by atoms with van der Waals surface area (Å²) in [5.41, 5.74) is -1.48. The minimum atomic E-state index is -4.51. The van der Waals surface area contributed by atoms with Gasteiger partial charge in [0.15, 0.2) is 11.6 Å². The van der Waals surface area contributed by atoms with Gasteiger partial charge in [0.1, 0.15) is 5.41 Å².